The summed E-state index contributed by atoms with van der Waals surface area (Å²) in [6, 6.07) is 11.9. The normalized spacial score (nSPS) is 10.2. The monoisotopic (exact) mass is 365 g/mol. The van der Waals surface area contributed by atoms with Gasteiger partial charge in [0.2, 0.25) is 5.91 Å². The van der Waals surface area contributed by atoms with Gasteiger partial charge >= 0.3 is 0 Å². The molecule has 5 nitrogen and oxygen atoms in total. The highest BCUT2D eigenvalue weighted by Gasteiger charge is 2.10. The number of carbonyl (C=O) groups is 2. The van der Waals surface area contributed by atoms with Crippen LogP contribution in [0, 0.1) is 0 Å². The van der Waals surface area contributed by atoms with Gasteiger partial charge in [0.05, 0.1) is 22.3 Å². The second kappa shape index (κ2) is 8.04. The van der Waals surface area contributed by atoms with Gasteiger partial charge in [-0.1, -0.05) is 35.3 Å². The van der Waals surface area contributed by atoms with Crippen LogP contribution in [0.2, 0.25) is 10.0 Å². The molecular formula is C17H17Cl2N3O2. The second-order valence-electron chi connectivity index (χ2n) is 5.28. The predicted octanol–water partition coefficient (Wildman–Crippen LogP) is 3.75. The van der Waals surface area contributed by atoms with Crippen LogP contribution in [0.1, 0.15) is 10.4 Å². The van der Waals surface area contributed by atoms with E-state index in [1.807, 2.05) is 0 Å². The maximum atomic E-state index is 12.1. The first kappa shape index (κ1) is 18.1. The van der Waals surface area contributed by atoms with E-state index in [4.69, 9.17) is 23.2 Å². The molecule has 0 aliphatic carbocycles. The van der Waals surface area contributed by atoms with Crippen LogP contribution in [-0.2, 0) is 4.79 Å². The van der Waals surface area contributed by atoms with E-state index in [1.165, 1.54) is 4.90 Å². The van der Waals surface area contributed by atoms with Crippen LogP contribution in [0.25, 0.3) is 0 Å². The minimum atomic E-state index is -0.263. The first-order valence-corrected chi connectivity index (χ1v) is 7.93. The summed E-state index contributed by atoms with van der Waals surface area (Å²) in [5, 5.41) is 6.44. The summed E-state index contributed by atoms with van der Waals surface area (Å²) in [5.41, 5.74) is 1.63. The number of rotatable bonds is 5. The van der Waals surface area contributed by atoms with E-state index < -0.39 is 0 Å². The molecule has 0 aromatic heterocycles. The lowest BCUT2D eigenvalue weighted by atomic mass is 10.2. The van der Waals surface area contributed by atoms with Gasteiger partial charge < -0.3 is 15.5 Å². The summed E-state index contributed by atoms with van der Waals surface area (Å²) in [6.45, 7) is 0.0198. The van der Waals surface area contributed by atoms with Crippen molar-refractivity contribution in [1.82, 2.24) is 4.90 Å². The standard InChI is InChI=1S/C17H17Cl2N3O2/c1-22(2)17(24)11-5-3-6-12(9-11)21-15(23)10-20-14-8-4-7-13(18)16(14)19/h3-9,20H,10H2,1-2H3,(H,21,23). The molecule has 0 radical (unpaired) electrons. The topological polar surface area (TPSA) is 61.4 Å². The summed E-state index contributed by atoms with van der Waals surface area (Å²) < 4.78 is 0. The Balaban J connectivity index is 1.99. The Labute approximate surface area is 150 Å². The Hall–Kier alpha value is -2.24. The van der Waals surface area contributed by atoms with Crippen LogP contribution >= 0.6 is 23.2 Å². The molecule has 0 saturated carbocycles. The van der Waals surface area contributed by atoms with Crippen molar-refractivity contribution in [3.05, 3.63) is 58.1 Å². The highest BCUT2D eigenvalue weighted by molar-refractivity contribution is 6.43. The summed E-state index contributed by atoms with van der Waals surface area (Å²) >= 11 is 12.0. The Kier molecular flexibility index (Phi) is 6.06. The molecule has 0 spiro atoms. The zero-order valence-electron chi connectivity index (χ0n) is 13.3. The second-order valence-corrected chi connectivity index (χ2v) is 6.07. The third kappa shape index (κ3) is 4.63. The van der Waals surface area contributed by atoms with Gasteiger partial charge in [0.15, 0.2) is 0 Å². The van der Waals surface area contributed by atoms with Crippen molar-refractivity contribution >= 4 is 46.4 Å². The lowest BCUT2D eigenvalue weighted by Crippen LogP contribution is -2.23. The summed E-state index contributed by atoms with van der Waals surface area (Å²) in [7, 11) is 3.35. The van der Waals surface area contributed by atoms with Gasteiger partial charge in [-0.2, -0.15) is 0 Å². The molecular weight excluding hydrogens is 349 g/mol. The number of anilines is 2. The Morgan fingerprint density at radius 1 is 1.08 bits per heavy atom. The van der Waals surface area contributed by atoms with E-state index in [0.29, 0.717) is 27.0 Å². The number of amides is 2. The molecule has 0 fully saturated rings. The van der Waals surface area contributed by atoms with Gasteiger partial charge in [-0.3, -0.25) is 9.59 Å². The Morgan fingerprint density at radius 3 is 2.50 bits per heavy atom. The van der Waals surface area contributed by atoms with Gasteiger partial charge in [0.1, 0.15) is 0 Å². The molecule has 126 valence electrons. The Bertz CT molecular complexity index is 763. The molecule has 0 heterocycles. The highest BCUT2D eigenvalue weighted by atomic mass is 35.5. The van der Waals surface area contributed by atoms with Crippen LogP contribution in [0.5, 0.6) is 0 Å². The van der Waals surface area contributed by atoms with Crippen molar-refractivity contribution in [1.29, 1.82) is 0 Å². The van der Waals surface area contributed by atoms with Gasteiger partial charge in [0.25, 0.3) is 5.91 Å². The molecule has 24 heavy (non-hydrogen) atoms. The van der Waals surface area contributed by atoms with Gasteiger partial charge in [-0.25, -0.2) is 0 Å². The third-order valence-electron chi connectivity index (χ3n) is 3.19. The van der Waals surface area contributed by atoms with Gasteiger partial charge in [0, 0.05) is 25.3 Å². The molecule has 0 unspecified atom stereocenters. The summed E-state index contributed by atoms with van der Waals surface area (Å²) in [4.78, 5) is 25.5. The van der Waals surface area contributed by atoms with Crippen molar-refractivity contribution in [3.63, 3.8) is 0 Å². The van der Waals surface area contributed by atoms with Crippen LogP contribution in [0.4, 0.5) is 11.4 Å². The number of halogens is 2. The third-order valence-corrected chi connectivity index (χ3v) is 4.01. The van der Waals surface area contributed by atoms with Crippen LogP contribution in [0.15, 0.2) is 42.5 Å². The molecule has 2 rings (SSSR count). The van der Waals surface area contributed by atoms with E-state index in [2.05, 4.69) is 10.6 Å². The quantitative estimate of drug-likeness (QED) is 0.847. The van der Waals surface area contributed by atoms with Crippen LogP contribution < -0.4 is 10.6 Å². The predicted molar refractivity (Wildman–Crippen MR) is 98.0 cm³/mol. The number of nitrogens with one attached hydrogen (secondary N) is 2. The van der Waals surface area contributed by atoms with Crippen LogP contribution in [0.3, 0.4) is 0 Å². The zero-order chi connectivity index (χ0) is 17.7. The molecule has 2 amide bonds. The fourth-order valence-corrected chi connectivity index (χ4v) is 2.38. The zero-order valence-corrected chi connectivity index (χ0v) is 14.8. The smallest absolute Gasteiger partial charge is 0.253 e. The van der Waals surface area contributed by atoms with Crippen molar-refractivity contribution in [3.8, 4) is 0 Å². The lowest BCUT2D eigenvalue weighted by Gasteiger charge is -2.12. The van der Waals surface area contributed by atoms with Crippen molar-refractivity contribution in [2.75, 3.05) is 31.3 Å². The van der Waals surface area contributed by atoms with Crippen LogP contribution in [-0.4, -0.2) is 37.4 Å². The molecule has 2 aromatic rings. The summed E-state index contributed by atoms with van der Waals surface area (Å²) in [6.07, 6.45) is 0. The first-order chi connectivity index (χ1) is 11.4. The molecule has 0 saturated heterocycles. The molecule has 0 aliphatic rings. The van der Waals surface area contributed by atoms with E-state index >= 15 is 0 Å². The molecule has 0 bridgehead atoms. The fraction of sp³-hybridized carbons (Fsp3) is 0.176. The maximum absolute atomic E-state index is 12.1. The van der Waals surface area contributed by atoms with Crippen molar-refractivity contribution in [2.24, 2.45) is 0 Å². The number of hydrogen-bond acceptors (Lipinski definition) is 3. The fourth-order valence-electron chi connectivity index (χ4n) is 2.01. The minimum absolute atomic E-state index is 0.0198. The van der Waals surface area contributed by atoms with Gasteiger partial charge in [-0.15, -0.1) is 0 Å². The van der Waals surface area contributed by atoms with Crippen molar-refractivity contribution < 1.29 is 9.59 Å². The number of benzene rings is 2. The SMILES string of the molecule is CN(C)C(=O)c1cccc(NC(=O)CNc2cccc(Cl)c2Cl)c1. The molecule has 2 N–H and O–H groups in total. The average molecular weight is 366 g/mol. The number of carbonyl (C=O) groups excluding carboxylic acids is 2. The Morgan fingerprint density at radius 2 is 1.79 bits per heavy atom. The van der Waals surface area contributed by atoms with E-state index in [9.17, 15) is 9.59 Å². The molecule has 2 aromatic carbocycles. The summed E-state index contributed by atoms with van der Waals surface area (Å²) in [5.74, 6) is -0.393. The highest BCUT2D eigenvalue weighted by Crippen LogP contribution is 2.29. The van der Waals surface area contributed by atoms with Crippen molar-refractivity contribution in [2.45, 2.75) is 0 Å². The minimum Gasteiger partial charge on any atom is -0.375 e. The lowest BCUT2D eigenvalue weighted by molar-refractivity contribution is -0.114. The van der Waals surface area contributed by atoms with E-state index in [0.717, 1.165) is 0 Å². The molecule has 7 heteroatoms. The number of hydrogen-bond donors (Lipinski definition) is 2. The van der Waals surface area contributed by atoms with Gasteiger partial charge in [-0.05, 0) is 30.3 Å². The molecule has 0 aliphatic heterocycles. The molecule has 0 atom stereocenters. The number of nitrogens with zero attached hydrogens (tertiary/aromatic N) is 1. The van der Waals surface area contributed by atoms with E-state index in [1.54, 1.807) is 56.6 Å². The largest absolute Gasteiger partial charge is 0.375 e. The first-order valence-electron chi connectivity index (χ1n) is 7.18. The average Bonchev–Trinajstić information content (AvgIpc) is 2.55. The maximum Gasteiger partial charge on any atom is 0.253 e. The van der Waals surface area contributed by atoms with E-state index in [-0.39, 0.29) is 18.4 Å².